The fourth-order valence-corrected chi connectivity index (χ4v) is 2.66. The van der Waals surface area contributed by atoms with Gasteiger partial charge in [0.15, 0.2) is 0 Å². The van der Waals surface area contributed by atoms with Crippen LogP contribution in [0, 0.1) is 11.8 Å². The summed E-state index contributed by atoms with van der Waals surface area (Å²) < 4.78 is 15.4. The Labute approximate surface area is 91.7 Å². The minimum atomic E-state index is -0.854. The molecule has 0 aromatic carbocycles. The number of cyclic esters (lactones) is 2. The van der Waals surface area contributed by atoms with Crippen molar-refractivity contribution >= 4 is 11.9 Å². The summed E-state index contributed by atoms with van der Waals surface area (Å²) in [5, 5.41) is 0. The highest BCUT2D eigenvalue weighted by atomic mass is 16.6. The van der Waals surface area contributed by atoms with Gasteiger partial charge in [-0.3, -0.25) is 9.59 Å². The van der Waals surface area contributed by atoms with Crippen molar-refractivity contribution in [1.82, 2.24) is 0 Å². The molecule has 2 fully saturated rings. The molecule has 3 rings (SSSR count). The maximum absolute atomic E-state index is 11.6. The van der Waals surface area contributed by atoms with Crippen LogP contribution in [0.1, 0.15) is 0 Å². The average molecular weight is 222 g/mol. The molecular weight excluding hydrogens is 212 g/mol. The second-order valence-corrected chi connectivity index (χ2v) is 4.12. The second kappa shape index (κ2) is 2.95. The van der Waals surface area contributed by atoms with Crippen molar-refractivity contribution in [2.45, 2.75) is 11.7 Å². The highest BCUT2D eigenvalue weighted by Crippen LogP contribution is 2.51. The molecule has 84 valence electrons. The molecule has 3 aliphatic heterocycles. The SMILES string of the molecule is C=COCC12C=CC(O1)C1C(=O)OC(=O)C12. The van der Waals surface area contributed by atoms with Gasteiger partial charge in [-0.05, 0) is 6.08 Å². The number of fused-ring (bicyclic) bond motifs is 5. The zero-order valence-corrected chi connectivity index (χ0v) is 8.42. The van der Waals surface area contributed by atoms with Crippen LogP contribution in [0.4, 0.5) is 0 Å². The number of ether oxygens (including phenoxy) is 3. The largest absolute Gasteiger partial charge is 0.498 e. The van der Waals surface area contributed by atoms with Crippen LogP contribution in [0.5, 0.6) is 0 Å². The van der Waals surface area contributed by atoms with Crippen molar-refractivity contribution in [3.63, 3.8) is 0 Å². The second-order valence-electron chi connectivity index (χ2n) is 4.12. The number of carbonyl (C=O) groups is 2. The molecule has 3 aliphatic rings. The topological polar surface area (TPSA) is 61.8 Å². The van der Waals surface area contributed by atoms with Crippen molar-refractivity contribution in [1.29, 1.82) is 0 Å². The molecule has 0 aliphatic carbocycles. The summed E-state index contributed by atoms with van der Waals surface area (Å²) in [5.74, 6) is -2.10. The molecular formula is C11H10O5. The summed E-state index contributed by atoms with van der Waals surface area (Å²) >= 11 is 0. The van der Waals surface area contributed by atoms with Gasteiger partial charge in [0.05, 0.1) is 12.4 Å². The first-order chi connectivity index (χ1) is 7.68. The van der Waals surface area contributed by atoms with Crippen LogP contribution in [-0.2, 0) is 23.8 Å². The Balaban J connectivity index is 1.96. The third kappa shape index (κ3) is 0.983. The zero-order chi connectivity index (χ0) is 11.3. The molecule has 4 atom stereocenters. The lowest BCUT2D eigenvalue weighted by Gasteiger charge is -2.25. The van der Waals surface area contributed by atoms with Gasteiger partial charge >= 0.3 is 11.9 Å². The summed E-state index contributed by atoms with van der Waals surface area (Å²) in [4.78, 5) is 23.0. The van der Waals surface area contributed by atoms with E-state index < -0.39 is 29.4 Å². The Bertz CT molecular complexity index is 413. The smallest absolute Gasteiger partial charge is 0.321 e. The molecule has 5 heteroatoms. The van der Waals surface area contributed by atoms with E-state index in [2.05, 4.69) is 11.3 Å². The van der Waals surface area contributed by atoms with Crippen LogP contribution in [0.2, 0.25) is 0 Å². The zero-order valence-electron chi connectivity index (χ0n) is 8.42. The molecule has 5 nitrogen and oxygen atoms in total. The van der Waals surface area contributed by atoms with Crippen molar-refractivity contribution in [2.75, 3.05) is 6.61 Å². The summed E-state index contributed by atoms with van der Waals surface area (Å²) in [6.07, 6.45) is 4.49. The van der Waals surface area contributed by atoms with Crippen LogP contribution in [-0.4, -0.2) is 30.3 Å². The quantitative estimate of drug-likeness (QED) is 0.295. The fraction of sp³-hybridized carbons (Fsp3) is 0.455. The third-order valence-electron chi connectivity index (χ3n) is 3.32. The molecule has 0 aromatic rings. The fourth-order valence-electron chi connectivity index (χ4n) is 2.66. The minimum Gasteiger partial charge on any atom is -0.498 e. The predicted octanol–water partition coefficient (Wildman–Crippen LogP) is 0.170. The number of rotatable bonds is 3. The van der Waals surface area contributed by atoms with Gasteiger partial charge in [-0.2, -0.15) is 0 Å². The van der Waals surface area contributed by atoms with Crippen LogP contribution in [0.25, 0.3) is 0 Å². The van der Waals surface area contributed by atoms with Gasteiger partial charge in [0.1, 0.15) is 24.0 Å². The molecule has 4 unspecified atom stereocenters. The van der Waals surface area contributed by atoms with E-state index in [4.69, 9.17) is 9.47 Å². The molecule has 0 aromatic heterocycles. The van der Waals surface area contributed by atoms with E-state index in [0.29, 0.717) is 0 Å². The number of hydrogen-bond donors (Lipinski definition) is 0. The normalized spacial score (nSPS) is 43.4. The summed E-state index contributed by atoms with van der Waals surface area (Å²) in [6, 6.07) is 0. The van der Waals surface area contributed by atoms with Crippen molar-refractivity contribution < 1.29 is 23.8 Å². The van der Waals surface area contributed by atoms with Gasteiger partial charge in [-0.1, -0.05) is 12.7 Å². The number of hydrogen-bond acceptors (Lipinski definition) is 5. The van der Waals surface area contributed by atoms with Crippen molar-refractivity contribution in [3.8, 4) is 0 Å². The molecule has 2 saturated heterocycles. The Hall–Kier alpha value is -1.62. The highest BCUT2D eigenvalue weighted by molar-refractivity contribution is 5.99. The molecule has 0 N–H and O–H groups in total. The molecule has 0 spiro atoms. The summed E-state index contributed by atoms with van der Waals surface area (Å²) in [5.41, 5.74) is -0.854. The van der Waals surface area contributed by atoms with E-state index in [1.807, 2.05) is 0 Å². The van der Waals surface area contributed by atoms with E-state index in [1.54, 1.807) is 12.2 Å². The van der Waals surface area contributed by atoms with Gasteiger partial charge in [0, 0.05) is 0 Å². The van der Waals surface area contributed by atoms with Gasteiger partial charge in [0.2, 0.25) is 0 Å². The Morgan fingerprint density at radius 3 is 3.06 bits per heavy atom. The Morgan fingerprint density at radius 1 is 1.50 bits per heavy atom. The van der Waals surface area contributed by atoms with Crippen LogP contribution in [0.3, 0.4) is 0 Å². The van der Waals surface area contributed by atoms with Gasteiger partial charge < -0.3 is 14.2 Å². The lowest BCUT2D eigenvalue weighted by Crippen LogP contribution is -2.41. The highest BCUT2D eigenvalue weighted by Gasteiger charge is 2.67. The van der Waals surface area contributed by atoms with E-state index >= 15 is 0 Å². The monoisotopic (exact) mass is 222 g/mol. The first-order valence-electron chi connectivity index (χ1n) is 5.03. The average Bonchev–Trinajstić information content (AvgIpc) is 2.88. The van der Waals surface area contributed by atoms with Crippen molar-refractivity contribution in [3.05, 3.63) is 25.0 Å². The van der Waals surface area contributed by atoms with Crippen LogP contribution < -0.4 is 0 Å². The maximum atomic E-state index is 11.6. The minimum absolute atomic E-state index is 0.174. The summed E-state index contributed by atoms with van der Waals surface area (Å²) in [6.45, 7) is 3.61. The predicted molar refractivity (Wildman–Crippen MR) is 51.0 cm³/mol. The molecule has 16 heavy (non-hydrogen) atoms. The summed E-state index contributed by atoms with van der Waals surface area (Å²) in [7, 11) is 0. The lowest BCUT2D eigenvalue weighted by atomic mass is 9.77. The van der Waals surface area contributed by atoms with E-state index in [-0.39, 0.29) is 12.7 Å². The molecule has 0 saturated carbocycles. The Kier molecular flexibility index (Phi) is 1.77. The number of carbonyl (C=O) groups excluding carboxylic acids is 2. The van der Waals surface area contributed by atoms with E-state index in [9.17, 15) is 9.59 Å². The first-order valence-corrected chi connectivity index (χ1v) is 5.03. The third-order valence-corrected chi connectivity index (χ3v) is 3.32. The van der Waals surface area contributed by atoms with Gasteiger partial charge in [0.25, 0.3) is 0 Å². The van der Waals surface area contributed by atoms with Crippen LogP contribution in [0.15, 0.2) is 25.0 Å². The van der Waals surface area contributed by atoms with Crippen molar-refractivity contribution in [2.24, 2.45) is 11.8 Å². The molecule has 3 heterocycles. The molecule has 2 bridgehead atoms. The molecule has 0 radical (unpaired) electrons. The van der Waals surface area contributed by atoms with Gasteiger partial charge in [-0.25, -0.2) is 0 Å². The van der Waals surface area contributed by atoms with E-state index in [0.717, 1.165) is 0 Å². The standard InChI is InChI=1S/C11H10O5/c1-2-14-5-11-4-3-6(16-11)7-8(11)10(13)15-9(7)12/h2-4,6-8H,1,5H2. The number of esters is 2. The van der Waals surface area contributed by atoms with Gasteiger partial charge in [-0.15, -0.1) is 0 Å². The maximum Gasteiger partial charge on any atom is 0.321 e. The van der Waals surface area contributed by atoms with Crippen LogP contribution >= 0.6 is 0 Å². The van der Waals surface area contributed by atoms with E-state index in [1.165, 1.54) is 6.26 Å². The Morgan fingerprint density at radius 2 is 2.31 bits per heavy atom. The lowest BCUT2D eigenvalue weighted by molar-refractivity contribution is -0.159. The molecule has 0 amide bonds. The first kappa shape index (κ1) is 9.59.